The summed E-state index contributed by atoms with van der Waals surface area (Å²) in [6, 6.07) is 0. The first-order valence-electron chi connectivity index (χ1n) is 0.667. The molecular formula is HAgFeO5S. The molecule has 56 valence electrons. The van der Waals surface area contributed by atoms with Crippen molar-refractivity contribution in [3.05, 3.63) is 0 Å². The van der Waals surface area contributed by atoms with E-state index in [0.29, 0.717) is 0 Å². The van der Waals surface area contributed by atoms with Gasteiger partial charge in [0.1, 0.15) is 0 Å². The van der Waals surface area contributed by atoms with Crippen LogP contribution in [0.25, 0.3) is 0 Å². The van der Waals surface area contributed by atoms with Gasteiger partial charge in [-0.2, -0.15) is 0 Å². The molecule has 0 rings (SSSR count). The van der Waals surface area contributed by atoms with Crippen LogP contribution >= 0.6 is 0 Å². The predicted molar refractivity (Wildman–Crippen MR) is 12.4 cm³/mol. The van der Waals surface area contributed by atoms with Gasteiger partial charge in [-0.1, -0.05) is 0 Å². The molecule has 5 nitrogen and oxygen atoms in total. The van der Waals surface area contributed by atoms with Crippen LogP contribution in [0.15, 0.2) is 0 Å². The Hall–Kier alpha value is 1.09. The van der Waals surface area contributed by atoms with E-state index in [4.69, 9.17) is 17.5 Å². The fraction of sp³-hybridized carbons (Fsp3) is 0. The van der Waals surface area contributed by atoms with Gasteiger partial charge in [0.25, 0.3) is 0 Å². The van der Waals surface area contributed by atoms with Crippen LogP contribution in [0, 0.1) is 0 Å². The molecule has 0 aliphatic rings. The molecule has 8 heteroatoms. The van der Waals surface area contributed by atoms with Gasteiger partial charge in [-0.15, -0.1) is 0 Å². The summed E-state index contributed by atoms with van der Waals surface area (Å²) in [6.07, 6.45) is 0. The second kappa shape index (κ2) is 8.09. The van der Waals surface area contributed by atoms with E-state index in [0.717, 1.165) is 0 Å². The SMILES string of the molecule is O=S(=O)([O-])[O-].[Ag+].[Fe+2].[OH-]. The zero-order chi connectivity index (χ0) is 4.50. The van der Waals surface area contributed by atoms with Crippen molar-refractivity contribution in [3.63, 3.8) is 0 Å². The summed E-state index contributed by atoms with van der Waals surface area (Å²) in [4.78, 5) is 0. The van der Waals surface area contributed by atoms with Crippen LogP contribution in [0.3, 0.4) is 0 Å². The third-order valence-electron chi connectivity index (χ3n) is 0. The maximum Gasteiger partial charge on any atom is 2.00 e. The smallest absolute Gasteiger partial charge is 0.870 e. The molecule has 8 heavy (non-hydrogen) atoms. The molecule has 1 N–H and O–H groups in total. The molecule has 0 saturated carbocycles. The molecule has 0 spiro atoms. The van der Waals surface area contributed by atoms with E-state index in [1.165, 1.54) is 0 Å². The number of rotatable bonds is 0. The van der Waals surface area contributed by atoms with Crippen molar-refractivity contribution in [2.75, 3.05) is 0 Å². The Bertz CT molecular complexity index is 95.6. The average Bonchev–Trinajstić information content (AvgIpc) is 0.722. The van der Waals surface area contributed by atoms with Crippen molar-refractivity contribution in [2.24, 2.45) is 0 Å². The van der Waals surface area contributed by atoms with Gasteiger partial charge in [-0.25, -0.2) is 0 Å². The Labute approximate surface area is 72.7 Å². The van der Waals surface area contributed by atoms with Gasteiger partial charge in [0.2, 0.25) is 0 Å². The minimum atomic E-state index is -5.17. The minimum Gasteiger partial charge on any atom is -0.870 e. The maximum absolute atomic E-state index is 8.52. The van der Waals surface area contributed by atoms with Gasteiger partial charge >= 0.3 is 39.4 Å². The molecule has 0 aromatic carbocycles. The minimum absolute atomic E-state index is 0. The van der Waals surface area contributed by atoms with Gasteiger partial charge in [0.15, 0.2) is 0 Å². The van der Waals surface area contributed by atoms with Crippen molar-refractivity contribution in [1.29, 1.82) is 0 Å². The van der Waals surface area contributed by atoms with Gasteiger partial charge in [-0.05, 0) is 0 Å². The summed E-state index contributed by atoms with van der Waals surface area (Å²) in [5.74, 6) is 0. The zero-order valence-electron chi connectivity index (χ0n) is 3.14. The molecule has 0 heterocycles. The zero-order valence-corrected chi connectivity index (χ0v) is 6.55. The third-order valence-corrected chi connectivity index (χ3v) is 0. The molecular weight excluding hydrogens is 276 g/mol. The van der Waals surface area contributed by atoms with Gasteiger partial charge < -0.3 is 14.6 Å². The fourth-order valence-corrected chi connectivity index (χ4v) is 0. The van der Waals surface area contributed by atoms with E-state index in [-0.39, 0.29) is 44.9 Å². The quantitative estimate of drug-likeness (QED) is 0.303. The molecule has 0 fully saturated rings. The molecule has 0 aliphatic carbocycles. The number of hydrogen-bond acceptors (Lipinski definition) is 5. The van der Waals surface area contributed by atoms with Crippen LogP contribution in [0.5, 0.6) is 0 Å². The largest absolute Gasteiger partial charge is 2.00 e. The molecule has 0 aliphatic heterocycles. The van der Waals surface area contributed by atoms with Gasteiger partial charge in [-0.3, -0.25) is 8.42 Å². The average molecular weight is 277 g/mol. The Morgan fingerprint density at radius 2 is 1.12 bits per heavy atom. The molecule has 0 atom stereocenters. The Kier molecular flexibility index (Phi) is 23.2. The second-order valence-corrected chi connectivity index (χ2v) is 1.22. The third kappa shape index (κ3) is 221. The van der Waals surface area contributed by atoms with E-state index in [2.05, 4.69) is 0 Å². The molecule has 0 aromatic rings. The number of hydrogen-bond donors (Lipinski definition) is 0. The van der Waals surface area contributed by atoms with Crippen LogP contribution in [-0.2, 0) is 49.8 Å². The van der Waals surface area contributed by atoms with Crippen molar-refractivity contribution in [3.8, 4) is 0 Å². The van der Waals surface area contributed by atoms with E-state index < -0.39 is 10.4 Å². The molecule has 0 amide bonds. The van der Waals surface area contributed by atoms with Crippen LogP contribution in [0.1, 0.15) is 0 Å². The first-order chi connectivity index (χ1) is 2.00. The monoisotopic (exact) mass is 276 g/mol. The van der Waals surface area contributed by atoms with Gasteiger partial charge in [0, 0.05) is 10.4 Å². The second-order valence-electron chi connectivity index (χ2n) is 0.408. The Balaban J connectivity index is -0.0000000267. The van der Waals surface area contributed by atoms with Crippen LogP contribution in [0.4, 0.5) is 0 Å². The summed E-state index contributed by atoms with van der Waals surface area (Å²) in [6.45, 7) is 0. The standard InChI is InChI=1S/Ag.Fe.H2O4S.H2O/c;;1-5(2,3)4;/h;;(H2,1,2,3,4);1H2/q+1;+2;;/p-3. The van der Waals surface area contributed by atoms with E-state index >= 15 is 0 Å². The normalized spacial score (nSPS) is 7.25. The van der Waals surface area contributed by atoms with E-state index in [1.807, 2.05) is 0 Å². The van der Waals surface area contributed by atoms with Crippen molar-refractivity contribution in [2.45, 2.75) is 0 Å². The first-order valence-corrected chi connectivity index (χ1v) is 2.00. The predicted octanol–water partition coefficient (Wildman–Crippen LogP) is -1.52. The summed E-state index contributed by atoms with van der Waals surface area (Å²) < 4.78 is 34.1. The maximum atomic E-state index is 8.52. The molecule has 0 radical (unpaired) electrons. The molecule has 0 bridgehead atoms. The van der Waals surface area contributed by atoms with Crippen LogP contribution in [0.2, 0.25) is 0 Å². The van der Waals surface area contributed by atoms with Crippen molar-refractivity contribution in [1.82, 2.24) is 0 Å². The Morgan fingerprint density at radius 1 is 1.12 bits per heavy atom. The summed E-state index contributed by atoms with van der Waals surface area (Å²) in [5.41, 5.74) is 0. The molecule has 0 aromatic heterocycles. The van der Waals surface area contributed by atoms with Crippen LogP contribution < -0.4 is 0 Å². The first kappa shape index (κ1) is 23.0. The summed E-state index contributed by atoms with van der Waals surface area (Å²) in [5, 5.41) is 0. The fourth-order valence-electron chi connectivity index (χ4n) is 0. The summed E-state index contributed by atoms with van der Waals surface area (Å²) >= 11 is 0. The topological polar surface area (TPSA) is 110 Å². The van der Waals surface area contributed by atoms with Gasteiger partial charge in [0.05, 0.1) is 0 Å². The molecule has 0 unspecified atom stereocenters. The molecule has 0 saturated heterocycles. The van der Waals surface area contributed by atoms with E-state index in [1.54, 1.807) is 0 Å². The van der Waals surface area contributed by atoms with E-state index in [9.17, 15) is 0 Å². The van der Waals surface area contributed by atoms with Crippen molar-refractivity contribution >= 4 is 10.4 Å². The summed E-state index contributed by atoms with van der Waals surface area (Å²) in [7, 11) is -5.17. The Morgan fingerprint density at radius 3 is 1.12 bits per heavy atom. The van der Waals surface area contributed by atoms with Crippen LogP contribution in [-0.4, -0.2) is 23.0 Å². The van der Waals surface area contributed by atoms with Crippen molar-refractivity contribution < 1.29 is 62.4 Å².